The van der Waals surface area contributed by atoms with Crippen LogP contribution in [0.15, 0.2) is 53.8 Å². The van der Waals surface area contributed by atoms with Gasteiger partial charge in [0, 0.05) is 12.2 Å². The molecule has 0 atom stereocenters. The molecule has 1 amide bonds. The van der Waals surface area contributed by atoms with E-state index in [0.717, 1.165) is 5.56 Å². The predicted octanol–water partition coefficient (Wildman–Crippen LogP) is 3.68. The largest absolute Gasteiger partial charge is 0.493 e. The minimum atomic E-state index is -0.339. The number of nitrogens with one attached hydrogen (secondary N) is 1. The first-order chi connectivity index (χ1) is 13.6. The summed E-state index contributed by atoms with van der Waals surface area (Å²) in [4.78, 5) is 17.1. The Morgan fingerprint density at radius 2 is 1.86 bits per heavy atom. The van der Waals surface area contributed by atoms with Gasteiger partial charge in [0.25, 0.3) is 5.91 Å². The van der Waals surface area contributed by atoms with Crippen molar-refractivity contribution in [1.29, 1.82) is 0 Å². The second-order valence-corrected chi connectivity index (χ2v) is 6.59. The van der Waals surface area contributed by atoms with E-state index in [0.29, 0.717) is 34.6 Å². The Balaban J connectivity index is 1.82. The Labute approximate surface area is 166 Å². The molecule has 3 rings (SSSR count). The summed E-state index contributed by atoms with van der Waals surface area (Å²) in [5.41, 5.74) is 1.90. The number of carbonyl (C=O) groups is 1. The number of hydrogen-bond donors (Lipinski definition) is 1. The summed E-state index contributed by atoms with van der Waals surface area (Å²) in [5, 5.41) is 3.53. The topological polar surface area (TPSA) is 65.4 Å². The maximum Gasteiger partial charge on any atom is 0.270 e. The number of nitrogens with zero attached hydrogens (tertiary/aromatic N) is 2. The van der Waals surface area contributed by atoms with Gasteiger partial charge >= 0.3 is 0 Å². The third-order valence-electron chi connectivity index (χ3n) is 4.13. The van der Waals surface area contributed by atoms with Gasteiger partial charge in [-0.05, 0) is 48.2 Å². The lowest BCUT2D eigenvalue weighted by Gasteiger charge is -2.12. The van der Waals surface area contributed by atoms with E-state index in [-0.39, 0.29) is 11.7 Å². The lowest BCUT2D eigenvalue weighted by Crippen LogP contribution is -2.25. The minimum absolute atomic E-state index is 0.285. The van der Waals surface area contributed by atoms with Crippen LogP contribution in [0.3, 0.4) is 0 Å². The van der Waals surface area contributed by atoms with Gasteiger partial charge in [-0.15, -0.1) is 0 Å². The molecular formula is C20H20FN3O3S. The molecule has 0 fully saturated rings. The monoisotopic (exact) mass is 401 g/mol. The molecule has 0 aliphatic heterocycles. The number of hydrogen-bond acceptors (Lipinski definition) is 5. The van der Waals surface area contributed by atoms with E-state index in [1.54, 1.807) is 37.0 Å². The predicted molar refractivity (Wildman–Crippen MR) is 106 cm³/mol. The van der Waals surface area contributed by atoms with Crippen LogP contribution in [0, 0.1) is 5.82 Å². The summed E-state index contributed by atoms with van der Waals surface area (Å²) < 4.78 is 25.5. The van der Waals surface area contributed by atoms with E-state index in [2.05, 4.69) is 10.3 Å². The molecular weight excluding hydrogens is 381 g/mol. The first-order valence-electron chi connectivity index (χ1n) is 8.44. The van der Waals surface area contributed by atoms with Gasteiger partial charge in [0.15, 0.2) is 16.7 Å². The molecule has 0 saturated carbocycles. The maximum absolute atomic E-state index is 13.3. The Kier molecular flexibility index (Phi) is 6.20. The van der Waals surface area contributed by atoms with Gasteiger partial charge in [-0.2, -0.15) is 0 Å². The van der Waals surface area contributed by atoms with Crippen LogP contribution in [0.2, 0.25) is 0 Å². The van der Waals surface area contributed by atoms with Gasteiger partial charge in [-0.1, -0.05) is 17.8 Å². The molecule has 146 valence electrons. The van der Waals surface area contributed by atoms with Crippen molar-refractivity contribution >= 4 is 17.7 Å². The fraction of sp³-hybridized carbons (Fsp3) is 0.200. The highest BCUT2D eigenvalue weighted by atomic mass is 32.2. The summed E-state index contributed by atoms with van der Waals surface area (Å²) in [6.07, 6.45) is 3.38. The van der Waals surface area contributed by atoms with E-state index in [1.807, 2.05) is 18.4 Å². The Morgan fingerprint density at radius 3 is 2.50 bits per heavy atom. The van der Waals surface area contributed by atoms with Gasteiger partial charge in [-0.25, -0.2) is 9.37 Å². The molecule has 1 heterocycles. The lowest BCUT2D eigenvalue weighted by molar-refractivity contribution is 0.0943. The molecule has 8 heteroatoms. The standard InChI is InChI=1S/C20H20FN3O3S/c1-26-17-9-4-13(10-18(17)27-2)11-22-19(25)16-12-23-20(28-3)24(16)15-7-5-14(21)6-8-15/h4-10,12H,11H2,1-3H3,(H,22,25). The van der Waals surface area contributed by atoms with Gasteiger partial charge in [0.2, 0.25) is 0 Å². The zero-order valence-corrected chi connectivity index (χ0v) is 16.5. The van der Waals surface area contributed by atoms with Crippen molar-refractivity contribution in [3.63, 3.8) is 0 Å². The Hall–Kier alpha value is -3.00. The van der Waals surface area contributed by atoms with Crippen molar-refractivity contribution in [1.82, 2.24) is 14.9 Å². The number of ether oxygens (including phenoxy) is 2. The zero-order chi connectivity index (χ0) is 20.1. The van der Waals surface area contributed by atoms with Crippen molar-refractivity contribution in [3.05, 3.63) is 65.7 Å². The van der Waals surface area contributed by atoms with Crippen LogP contribution in [-0.4, -0.2) is 35.9 Å². The van der Waals surface area contributed by atoms with E-state index in [4.69, 9.17) is 9.47 Å². The van der Waals surface area contributed by atoms with Gasteiger partial charge in [-0.3, -0.25) is 9.36 Å². The van der Waals surface area contributed by atoms with E-state index >= 15 is 0 Å². The highest BCUT2D eigenvalue weighted by Crippen LogP contribution is 2.27. The SMILES string of the molecule is COc1ccc(CNC(=O)c2cnc(SC)n2-c2ccc(F)cc2)cc1OC. The molecule has 1 N–H and O–H groups in total. The summed E-state index contributed by atoms with van der Waals surface area (Å²) >= 11 is 1.40. The van der Waals surface area contributed by atoms with Crippen LogP contribution >= 0.6 is 11.8 Å². The second-order valence-electron chi connectivity index (χ2n) is 5.81. The third kappa shape index (κ3) is 4.12. The molecule has 0 spiro atoms. The number of amides is 1. The highest BCUT2D eigenvalue weighted by Gasteiger charge is 2.18. The Morgan fingerprint density at radius 1 is 1.14 bits per heavy atom. The number of thioether (sulfide) groups is 1. The average molecular weight is 401 g/mol. The number of carbonyl (C=O) groups excluding carboxylic acids is 1. The van der Waals surface area contributed by atoms with E-state index < -0.39 is 0 Å². The number of methoxy groups -OCH3 is 2. The van der Waals surface area contributed by atoms with Crippen molar-refractivity contribution in [2.45, 2.75) is 11.7 Å². The van der Waals surface area contributed by atoms with Crippen molar-refractivity contribution in [2.24, 2.45) is 0 Å². The number of rotatable bonds is 7. The summed E-state index contributed by atoms with van der Waals surface area (Å²) in [6, 6.07) is 11.4. The van der Waals surface area contributed by atoms with Gasteiger partial charge in [0.1, 0.15) is 11.5 Å². The third-order valence-corrected chi connectivity index (χ3v) is 4.78. The molecule has 0 radical (unpaired) electrons. The zero-order valence-electron chi connectivity index (χ0n) is 15.7. The molecule has 0 aliphatic carbocycles. The molecule has 0 bridgehead atoms. The highest BCUT2D eigenvalue weighted by molar-refractivity contribution is 7.98. The number of halogens is 1. The summed E-state index contributed by atoms with van der Waals surface area (Å²) in [5.74, 6) is 0.591. The quantitative estimate of drug-likeness (QED) is 0.612. The van der Waals surface area contributed by atoms with Crippen LogP contribution in [0.1, 0.15) is 16.1 Å². The van der Waals surface area contributed by atoms with Crippen molar-refractivity contribution in [3.8, 4) is 17.2 Å². The normalized spacial score (nSPS) is 10.6. The number of imidazole rings is 1. The van der Waals surface area contributed by atoms with E-state index in [1.165, 1.54) is 30.1 Å². The van der Waals surface area contributed by atoms with Crippen LogP contribution < -0.4 is 14.8 Å². The van der Waals surface area contributed by atoms with Crippen LogP contribution in [0.4, 0.5) is 4.39 Å². The molecule has 0 saturated heterocycles. The molecule has 0 unspecified atom stereocenters. The molecule has 1 aromatic heterocycles. The fourth-order valence-electron chi connectivity index (χ4n) is 2.74. The van der Waals surface area contributed by atoms with Gasteiger partial charge in [0.05, 0.1) is 20.4 Å². The van der Waals surface area contributed by atoms with Crippen LogP contribution in [0.25, 0.3) is 5.69 Å². The fourth-order valence-corrected chi connectivity index (χ4v) is 3.29. The smallest absolute Gasteiger partial charge is 0.270 e. The summed E-state index contributed by atoms with van der Waals surface area (Å²) in [6.45, 7) is 0.308. The van der Waals surface area contributed by atoms with Crippen molar-refractivity contribution < 1.29 is 18.7 Å². The molecule has 28 heavy (non-hydrogen) atoms. The van der Waals surface area contributed by atoms with Crippen LogP contribution in [0.5, 0.6) is 11.5 Å². The average Bonchev–Trinajstić information content (AvgIpc) is 3.16. The van der Waals surface area contributed by atoms with Crippen LogP contribution in [-0.2, 0) is 6.54 Å². The molecule has 2 aromatic carbocycles. The minimum Gasteiger partial charge on any atom is -0.493 e. The van der Waals surface area contributed by atoms with E-state index in [9.17, 15) is 9.18 Å². The van der Waals surface area contributed by atoms with Gasteiger partial charge < -0.3 is 14.8 Å². The lowest BCUT2D eigenvalue weighted by atomic mass is 10.2. The number of benzene rings is 2. The van der Waals surface area contributed by atoms with Crippen molar-refractivity contribution in [2.75, 3.05) is 20.5 Å². The molecule has 6 nitrogen and oxygen atoms in total. The molecule has 0 aliphatic rings. The second kappa shape index (κ2) is 8.79. The molecule has 3 aromatic rings. The summed E-state index contributed by atoms with van der Waals surface area (Å²) in [7, 11) is 3.13. The first kappa shape index (κ1) is 19.8. The number of aromatic nitrogens is 2. The maximum atomic E-state index is 13.3. The first-order valence-corrected chi connectivity index (χ1v) is 9.66. The Bertz CT molecular complexity index is 973.